The van der Waals surface area contributed by atoms with Crippen molar-refractivity contribution < 1.29 is 13.2 Å². The fourth-order valence-electron chi connectivity index (χ4n) is 3.57. The molecule has 0 atom stereocenters. The Bertz CT molecular complexity index is 1300. The number of carbonyl (C=O) groups excluding carboxylic acids is 1. The van der Waals surface area contributed by atoms with Gasteiger partial charge in [-0.3, -0.25) is 18.5 Å². The van der Waals surface area contributed by atoms with Crippen molar-refractivity contribution in [2.75, 3.05) is 17.1 Å². The van der Waals surface area contributed by atoms with Crippen molar-refractivity contribution in [3.05, 3.63) is 68.7 Å². The van der Waals surface area contributed by atoms with Gasteiger partial charge in [-0.15, -0.1) is 0 Å². The minimum Gasteiger partial charge on any atom is -0.292 e. The summed E-state index contributed by atoms with van der Waals surface area (Å²) in [4.78, 5) is 29.8. The number of ketones is 1. The van der Waals surface area contributed by atoms with Gasteiger partial charge in [0.05, 0.1) is 35.7 Å². The van der Waals surface area contributed by atoms with E-state index in [0.29, 0.717) is 41.5 Å². The van der Waals surface area contributed by atoms with E-state index >= 15 is 0 Å². The largest absolute Gasteiger partial charge is 0.292 e. The van der Waals surface area contributed by atoms with Crippen molar-refractivity contribution in [3.8, 4) is 0 Å². The van der Waals surface area contributed by atoms with Gasteiger partial charge in [0.1, 0.15) is 0 Å². The third kappa shape index (κ3) is 3.84. The summed E-state index contributed by atoms with van der Waals surface area (Å²) in [7, 11) is -3.36. The van der Waals surface area contributed by atoms with E-state index in [1.165, 1.54) is 21.5 Å². The van der Waals surface area contributed by atoms with Crippen LogP contribution in [0.2, 0.25) is 0 Å². The molecule has 0 saturated carbocycles. The molecule has 0 N–H and O–H groups in total. The lowest BCUT2D eigenvalue weighted by Crippen LogP contribution is -2.34. The average Bonchev–Trinajstić information content (AvgIpc) is 2.68. The number of nitrogens with zero attached hydrogens (tertiary/aromatic N) is 3. The van der Waals surface area contributed by atoms with Crippen LogP contribution in [0.1, 0.15) is 22.3 Å². The molecular weight excluding hydrogens is 458 g/mol. The van der Waals surface area contributed by atoms with Crippen LogP contribution in [-0.4, -0.2) is 36.6 Å². The average molecular weight is 476 g/mol. The highest BCUT2D eigenvalue weighted by Crippen LogP contribution is 2.30. The topological polar surface area (TPSA) is 89.3 Å². The van der Waals surface area contributed by atoms with Crippen LogP contribution in [0.3, 0.4) is 0 Å². The number of rotatable bonds is 4. The number of Topliss-reactive ketones (excluding diaryl/α,β-unsaturated/α-hetero) is 1. The zero-order valence-electron chi connectivity index (χ0n) is 15.6. The van der Waals surface area contributed by atoms with E-state index in [9.17, 15) is 18.0 Å². The number of aryl methyl sites for hydroxylation is 1. The summed E-state index contributed by atoms with van der Waals surface area (Å²) in [6.07, 6.45) is 3.95. The second-order valence-electron chi connectivity index (χ2n) is 7.04. The van der Waals surface area contributed by atoms with E-state index in [1.807, 2.05) is 0 Å². The predicted octanol–water partition coefficient (Wildman–Crippen LogP) is 2.75. The van der Waals surface area contributed by atoms with E-state index in [-0.39, 0.29) is 17.9 Å². The molecule has 0 unspecified atom stereocenters. The molecule has 1 aliphatic heterocycles. The molecule has 0 spiro atoms. The molecule has 1 aliphatic rings. The normalized spacial score (nSPS) is 14.1. The molecule has 2 heterocycles. The first-order valence-corrected chi connectivity index (χ1v) is 11.7. The molecule has 4 rings (SSSR count). The molecule has 0 bridgehead atoms. The van der Waals surface area contributed by atoms with Gasteiger partial charge in [0.25, 0.3) is 5.56 Å². The van der Waals surface area contributed by atoms with Crippen LogP contribution in [0.25, 0.3) is 10.9 Å². The first-order valence-electron chi connectivity index (χ1n) is 9.02. The molecule has 150 valence electrons. The highest BCUT2D eigenvalue weighted by atomic mass is 79.9. The molecule has 2 aromatic carbocycles. The maximum absolute atomic E-state index is 12.8. The fourth-order valence-corrected chi connectivity index (χ4v) is 4.93. The maximum Gasteiger partial charge on any atom is 0.261 e. The SMILES string of the molecule is CS(=O)(=O)N1CCCc2cc(C(=O)Cn3cnc4ccc(Br)cc4c3=O)ccc21. The Balaban J connectivity index is 1.65. The predicted molar refractivity (Wildman–Crippen MR) is 115 cm³/mol. The first kappa shape index (κ1) is 19.8. The Morgan fingerprint density at radius 2 is 2.00 bits per heavy atom. The van der Waals surface area contributed by atoms with Gasteiger partial charge < -0.3 is 0 Å². The summed E-state index contributed by atoms with van der Waals surface area (Å²) < 4.78 is 27.4. The van der Waals surface area contributed by atoms with Gasteiger partial charge in [0.2, 0.25) is 10.0 Å². The Labute approximate surface area is 176 Å². The molecule has 29 heavy (non-hydrogen) atoms. The summed E-state index contributed by atoms with van der Waals surface area (Å²) in [5, 5.41) is 0.434. The third-order valence-corrected chi connectivity index (χ3v) is 6.65. The van der Waals surface area contributed by atoms with Crippen LogP contribution in [0.15, 0.2) is 52.0 Å². The zero-order valence-corrected chi connectivity index (χ0v) is 18.0. The Kier molecular flexibility index (Phi) is 5.04. The number of aromatic nitrogens is 2. The standard InChI is InChI=1S/C20H18BrN3O4S/c1-29(27,28)24-8-2-3-13-9-14(4-7-18(13)24)19(25)11-23-12-22-17-6-5-15(21)10-16(17)20(23)26/h4-7,9-10,12H,2-3,8,11H2,1H3. The second kappa shape index (κ2) is 7.38. The number of benzene rings is 2. The number of fused-ring (bicyclic) bond motifs is 2. The van der Waals surface area contributed by atoms with E-state index < -0.39 is 10.0 Å². The van der Waals surface area contributed by atoms with Gasteiger partial charge in [0.15, 0.2) is 5.78 Å². The molecule has 1 aromatic heterocycles. The molecule has 9 heteroatoms. The molecule has 0 saturated heterocycles. The van der Waals surface area contributed by atoms with Crippen molar-refractivity contribution in [2.24, 2.45) is 0 Å². The van der Waals surface area contributed by atoms with Crippen molar-refractivity contribution in [1.82, 2.24) is 9.55 Å². The molecule has 7 nitrogen and oxygen atoms in total. The van der Waals surface area contributed by atoms with Gasteiger partial charge in [-0.1, -0.05) is 15.9 Å². The summed E-state index contributed by atoms with van der Waals surface area (Å²) in [6.45, 7) is 0.301. The van der Waals surface area contributed by atoms with E-state index in [0.717, 1.165) is 10.0 Å². The van der Waals surface area contributed by atoms with Crippen molar-refractivity contribution >= 4 is 48.3 Å². The minimum atomic E-state index is -3.36. The maximum atomic E-state index is 12.8. The molecule has 0 aliphatic carbocycles. The Morgan fingerprint density at radius 1 is 1.21 bits per heavy atom. The summed E-state index contributed by atoms with van der Waals surface area (Å²) >= 11 is 3.34. The van der Waals surface area contributed by atoms with Crippen LogP contribution in [-0.2, 0) is 23.0 Å². The lowest BCUT2D eigenvalue weighted by molar-refractivity contribution is 0.0970. The van der Waals surface area contributed by atoms with Gasteiger partial charge in [-0.05, 0) is 54.8 Å². The number of carbonyl (C=O) groups is 1. The fraction of sp³-hybridized carbons (Fsp3) is 0.250. The third-order valence-electron chi connectivity index (χ3n) is 4.98. The monoisotopic (exact) mass is 475 g/mol. The van der Waals surface area contributed by atoms with E-state index in [4.69, 9.17) is 0 Å². The van der Waals surface area contributed by atoms with E-state index in [1.54, 1.807) is 36.4 Å². The number of hydrogen-bond donors (Lipinski definition) is 0. The Morgan fingerprint density at radius 3 is 2.76 bits per heavy atom. The van der Waals surface area contributed by atoms with Crippen LogP contribution in [0.5, 0.6) is 0 Å². The molecule has 0 radical (unpaired) electrons. The van der Waals surface area contributed by atoms with Gasteiger partial charge >= 0.3 is 0 Å². The summed E-state index contributed by atoms with van der Waals surface area (Å²) in [5.74, 6) is -0.234. The second-order valence-corrected chi connectivity index (χ2v) is 9.87. The highest BCUT2D eigenvalue weighted by molar-refractivity contribution is 9.10. The summed E-state index contributed by atoms with van der Waals surface area (Å²) in [5.41, 5.74) is 2.16. The number of sulfonamides is 1. The molecule has 0 fully saturated rings. The molecular formula is C20H18BrN3O4S. The van der Waals surface area contributed by atoms with Crippen molar-refractivity contribution in [2.45, 2.75) is 19.4 Å². The van der Waals surface area contributed by atoms with Crippen LogP contribution in [0.4, 0.5) is 5.69 Å². The number of halogens is 1. The smallest absolute Gasteiger partial charge is 0.261 e. The van der Waals surface area contributed by atoms with Crippen molar-refractivity contribution in [1.29, 1.82) is 0 Å². The van der Waals surface area contributed by atoms with Crippen LogP contribution >= 0.6 is 15.9 Å². The Hall–Kier alpha value is -2.52. The van der Waals surface area contributed by atoms with Crippen LogP contribution < -0.4 is 9.86 Å². The number of hydrogen-bond acceptors (Lipinski definition) is 5. The molecule has 3 aromatic rings. The first-order chi connectivity index (χ1) is 13.7. The van der Waals surface area contributed by atoms with Crippen molar-refractivity contribution in [3.63, 3.8) is 0 Å². The van der Waals surface area contributed by atoms with Gasteiger partial charge in [-0.2, -0.15) is 0 Å². The van der Waals surface area contributed by atoms with Gasteiger partial charge in [0, 0.05) is 16.6 Å². The lowest BCUT2D eigenvalue weighted by atomic mass is 9.99. The van der Waals surface area contributed by atoms with E-state index in [2.05, 4.69) is 20.9 Å². The summed E-state index contributed by atoms with van der Waals surface area (Å²) in [6, 6.07) is 10.2. The zero-order chi connectivity index (χ0) is 20.8. The highest BCUT2D eigenvalue weighted by Gasteiger charge is 2.24. The van der Waals surface area contributed by atoms with Crippen LogP contribution in [0, 0.1) is 0 Å². The lowest BCUT2D eigenvalue weighted by Gasteiger charge is -2.29. The molecule has 0 amide bonds. The number of anilines is 1. The minimum absolute atomic E-state index is 0.136. The quantitative estimate of drug-likeness (QED) is 0.541. The van der Waals surface area contributed by atoms with Gasteiger partial charge in [-0.25, -0.2) is 13.4 Å².